The zero-order valence-electron chi connectivity index (χ0n) is 19.2. The number of aromatic nitrogens is 2. The van der Waals surface area contributed by atoms with E-state index in [9.17, 15) is 0 Å². The average molecular weight is 503 g/mol. The maximum absolute atomic E-state index is 6.33. The second kappa shape index (κ2) is 8.59. The summed E-state index contributed by atoms with van der Waals surface area (Å²) in [6.07, 6.45) is 1.82. The zero-order valence-corrected chi connectivity index (χ0v) is 20.8. The Bertz CT molecular complexity index is 1440. The van der Waals surface area contributed by atoms with Crippen LogP contribution >= 0.6 is 23.8 Å². The van der Waals surface area contributed by atoms with Gasteiger partial charge in [-0.05, 0) is 80.2 Å². The third-order valence-corrected chi connectivity index (χ3v) is 7.14. The van der Waals surface area contributed by atoms with Crippen LogP contribution in [0.1, 0.15) is 34.7 Å². The summed E-state index contributed by atoms with van der Waals surface area (Å²) in [5.41, 5.74) is 6.27. The molecule has 2 atom stereocenters. The van der Waals surface area contributed by atoms with Crippen molar-refractivity contribution in [3.63, 3.8) is 0 Å². The van der Waals surface area contributed by atoms with Crippen molar-refractivity contribution < 1.29 is 9.47 Å². The molecule has 0 spiro atoms. The number of anilines is 1. The van der Waals surface area contributed by atoms with Gasteiger partial charge < -0.3 is 24.3 Å². The number of pyridine rings is 1. The highest BCUT2D eigenvalue weighted by Gasteiger charge is 2.42. The second-order valence-corrected chi connectivity index (χ2v) is 9.50. The van der Waals surface area contributed by atoms with Gasteiger partial charge in [-0.25, -0.2) is 0 Å². The molecule has 6 nitrogen and oxygen atoms in total. The van der Waals surface area contributed by atoms with Crippen molar-refractivity contribution in [3.05, 3.63) is 101 Å². The zero-order chi connectivity index (χ0) is 24.1. The highest BCUT2D eigenvalue weighted by Crippen LogP contribution is 2.46. The van der Waals surface area contributed by atoms with E-state index in [1.165, 1.54) is 0 Å². The molecule has 0 bridgehead atoms. The van der Waals surface area contributed by atoms with Gasteiger partial charge in [0.15, 0.2) is 16.6 Å². The first kappa shape index (κ1) is 21.9. The number of aryl methyl sites for hydroxylation is 1. The van der Waals surface area contributed by atoms with Crippen molar-refractivity contribution in [1.29, 1.82) is 0 Å². The van der Waals surface area contributed by atoms with E-state index in [1.54, 1.807) is 0 Å². The molecule has 35 heavy (non-hydrogen) atoms. The lowest BCUT2D eigenvalue weighted by Gasteiger charge is -2.28. The van der Waals surface area contributed by atoms with Crippen LogP contribution in [0.15, 0.2) is 72.9 Å². The van der Waals surface area contributed by atoms with E-state index in [-0.39, 0.29) is 18.9 Å². The quantitative estimate of drug-likeness (QED) is 0.343. The van der Waals surface area contributed by atoms with Crippen molar-refractivity contribution in [2.24, 2.45) is 0 Å². The molecular formula is C27H23ClN4O2S. The Morgan fingerprint density at radius 3 is 2.63 bits per heavy atom. The maximum atomic E-state index is 6.33. The Morgan fingerprint density at radius 2 is 1.83 bits per heavy atom. The van der Waals surface area contributed by atoms with Crippen LogP contribution in [0.3, 0.4) is 0 Å². The highest BCUT2D eigenvalue weighted by atomic mass is 35.5. The van der Waals surface area contributed by atoms with Gasteiger partial charge in [-0.2, -0.15) is 0 Å². The Morgan fingerprint density at radius 1 is 0.971 bits per heavy atom. The molecule has 1 N–H and O–H groups in total. The number of benzene rings is 2. The first-order valence-electron chi connectivity index (χ1n) is 11.4. The Hall–Kier alpha value is -3.55. The van der Waals surface area contributed by atoms with Crippen molar-refractivity contribution in [1.82, 2.24) is 14.9 Å². The van der Waals surface area contributed by atoms with Gasteiger partial charge in [0.1, 0.15) is 0 Å². The van der Waals surface area contributed by atoms with Gasteiger partial charge in [-0.15, -0.1) is 0 Å². The Labute approximate surface area is 214 Å². The molecule has 6 rings (SSSR count). The van der Waals surface area contributed by atoms with E-state index in [0.29, 0.717) is 10.1 Å². The fraction of sp³-hybridized carbons (Fsp3) is 0.185. The standard InChI is InChI=1S/C27H23ClN4O2S/c1-16-12-21(17(2)31(16)19-7-5-6-18(28)13-19)26-25(22-8-3-4-11-29-22)30-27(35)32(26)20-9-10-23-24(14-20)34-15-33-23/h3-14,25-26H,15H2,1-2H3,(H,30,35). The number of thiocarbonyl (C=S) groups is 1. The minimum absolute atomic E-state index is 0.128. The molecule has 2 unspecified atom stereocenters. The lowest BCUT2D eigenvalue weighted by molar-refractivity contribution is 0.174. The third-order valence-electron chi connectivity index (χ3n) is 6.59. The number of rotatable bonds is 4. The minimum Gasteiger partial charge on any atom is -0.454 e. The summed E-state index contributed by atoms with van der Waals surface area (Å²) in [5, 5.41) is 4.87. The summed E-state index contributed by atoms with van der Waals surface area (Å²) in [5.74, 6) is 1.46. The molecule has 176 valence electrons. The summed E-state index contributed by atoms with van der Waals surface area (Å²) in [6, 6.07) is 21.8. The molecule has 8 heteroatoms. The Balaban J connectivity index is 1.51. The molecule has 2 aliphatic rings. The molecule has 2 aromatic carbocycles. The molecule has 0 amide bonds. The van der Waals surface area contributed by atoms with Crippen LogP contribution < -0.4 is 19.7 Å². The number of ether oxygens (including phenoxy) is 2. The van der Waals surface area contributed by atoms with E-state index in [4.69, 9.17) is 33.3 Å². The maximum Gasteiger partial charge on any atom is 0.231 e. The molecule has 1 saturated heterocycles. The molecular weight excluding hydrogens is 480 g/mol. The SMILES string of the molecule is Cc1cc(C2C(c3ccccn3)NC(=S)N2c2ccc3c(c2)OCO3)c(C)n1-c1cccc(Cl)c1. The molecule has 2 aromatic heterocycles. The van der Waals surface area contributed by atoms with Gasteiger partial charge in [0.2, 0.25) is 6.79 Å². The number of nitrogens with one attached hydrogen (secondary N) is 1. The van der Waals surface area contributed by atoms with Crippen LogP contribution in [-0.2, 0) is 0 Å². The van der Waals surface area contributed by atoms with Crippen molar-refractivity contribution in [2.75, 3.05) is 11.7 Å². The normalized spacial score (nSPS) is 18.7. The van der Waals surface area contributed by atoms with E-state index in [1.807, 2.05) is 60.8 Å². The molecule has 0 saturated carbocycles. The van der Waals surface area contributed by atoms with Crippen LogP contribution in [0.5, 0.6) is 11.5 Å². The van der Waals surface area contributed by atoms with Crippen molar-refractivity contribution >= 4 is 34.6 Å². The van der Waals surface area contributed by atoms with E-state index < -0.39 is 0 Å². The van der Waals surface area contributed by atoms with Crippen LogP contribution in [0.2, 0.25) is 5.02 Å². The van der Waals surface area contributed by atoms with Crippen LogP contribution in [-0.4, -0.2) is 21.5 Å². The lowest BCUT2D eigenvalue weighted by atomic mass is 9.96. The highest BCUT2D eigenvalue weighted by molar-refractivity contribution is 7.80. The average Bonchev–Trinajstić information content (AvgIpc) is 3.54. The first-order valence-corrected chi connectivity index (χ1v) is 12.1. The fourth-order valence-electron chi connectivity index (χ4n) is 5.08. The second-order valence-electron chi connectivity index (χ2n) is 8.68. The minimum atomic E-state index is -0.137. The predicted molar refractivity (Wildman–Crippen MR) is 141 cm³/mol. The number of fused-ring (bicyclic) bond motifs is 1. The lowest BCUT2D eigenvalue weighted by Crippen LogP contribution is -2.29. The number of hydrogen-bond acceptors (Lipinski definition) is 4. The van der Waals surface area contributed by atoms with Crippen LogP contribution in [0, 0.1) is 13.8 Å². The fourth-order valence-corrected chi connectivity index (χ4v) is 5.61. The summed E-state index contributed by atoms with van der Waals surface area (Å²) < 4.78 is 13.4. The van der Waals surface area contributed by atoms with Crippen molar-refractivity contribution in [3.8, 4) is 17.2 Å². The summed E-state index contributed by atoms with van der Waals surface area (Å²) >= 11 is 12.2. The molecule has 0 aliphatic carbocycles. The van der Waals surface area contributed by atoms with Gasteiger partial charge in [0, 0.05) is 40.0 Å². The van der Waals surface area contributed by atoms with E-state index >= 15 is 0 Å². The number of hydrogen-bond donors (Lipinski definition) is 1. The largest absolute Gasteiger partial charge is 0.454 e. The summed E-state index contributed by atoms with van der Waals surface area (Å²) in [6.45, 7) is 4.47. The summed E-state index contributed by atoms with van der Waals surface area (Å²) in [7, 11) is 0. The molecule has 4 aromatic rings. The summed E-state index contributed by atoms with van der Waals surface area (Å²) in [4.78, 5) is 6.82. The van der Waals surface area contributed by atoms with E-state index in [0.717, 1.165) is 45.5 Å². The topological polar surface area (TPSA) is 51.6 Å². The predicted octanol–water partition coefficient (Wildman–Crippen LogP) is 6.05. The monoisotopic (exact) mass is 502 g/mol. The molecule has 0 radical (unpaired) electrons. The molecule has 4 heterocycles. The van der Waals surface area contributed by atoms with Gasteiger partial charge in [-0.1, -0.05) is 23.7 Å². The molecule has 2 aliphatic heterocycles. The molecule has 1 fully saturated rings. The van der Waals surface area contributed by atoms with Gasteiger partial charge in [0.25, 0.3) is 0 Å². The third kappa shape index (κ3) is 3.72. The van der Waals surface area contributed by atoms with Crippen LogP contribution in [0.4, 0.5) is 5.69 Å². The van der Waals surface area contributed by atoms with Gasteiger partial charge in [-0.3, -0.25) is 4.98 Å². The Kier molecular flexibility index (Phi) is 5.39. The number of nitrogens with zero attached hydrogens (tertiary/aromatic N) is 3. The van der Waals surface area contributed by atoms with Crippen LogP contribution in [0.25, 0.3) is 5.69 Å². The smallest absolute Gasteiger partial charge is 0.231 e. The first-order chi connectivity index (χ1) is 17.0. The van der Waals surface area contributed by atoms with Gasteiger partial charge >= 0.3 is 0 Å². The number of halogens is 1. The van der Waals surface area contributed by atoms with Crippen molar-refractivity contribution in [2.45, 2.75) is 25.9 Å². The van der Waals surface area contributed by atoms with E-state index in [2.05, 4.69) is 45.7 Å². The van der Waals surface area contributed by atoms with Gasteiger partial charge in [0.05, 0.1) is 17.8 Å².